The third-order valence-electron chi connectivity index (χ3n) is 3.87. The Morgan fingerprint density at radius 3 is 2.95 bits per heavy atom. The molecule has 0 aromatic heterocycles. The quantitative estimate of drug-likeness (QED) is 0.642. The van der Waals surface area contributed by atoms with Crippen molar-refractivity contribution >= 4 is 21.8 Å². The van der Waals surface area contributed by atoms with Crippen LogP contribution >= 0.6 is 15.9 Å². The van der Waals surface area contributed by atoms with E-state index in [1.165, 1.54) is 19.3 Å². The monoisotopic (exact) mass is 353 g/mol. The number of benzene rings is 1. The molecule has 2 atom stereocenters. The first-order valence-corrected chi connectivity index (χ1v) is 8.69. The molecule has 1 fully saturated rings. The Morgan fingerprint density at radius 1 is 1.33 bits per heavy atom. The van der Waals surface area contributed by atoms with Gasteiger partial charge in [-0.15, -0.1) is 0 Å². The number of rotatable bonds is 5. The molecule has 0 aliphatic heterocycles. The zero-order valence-electron chi connectivity index (χ0n) is 12.6. The molecule has 3 nitrogen and oxygen atoms in total. The van der Waals surface area contributed by atoms with E-state index >= 15 is 0 Å². The van der Waals surface area contributed by atoms with Crippen LogP contribution < -0.4 is 10.1 Å². The molecule has 21 heavy (non-hydrogen) atoms. The fourth-order valence-electron chi connectivity index (χ4n) is 2.67. The molecule has 0 spiro atoms. The molecule has 1 aliphatic carbocycles. The van der Waals surface area contributed by atoms with Crippen LogP contribution in [0.1, 0.15) is 44.1 Å². The van der Waals surface area contributed by atoms with Crippen LogP contribution in [0.3, 0.4) is 0 Å². The van der Waals surface area contributed by atoms with E-state index in [-0.39, 0.29) is 11.9 Å². The first-order chi connectivity index (χ1) is 10.1. The zero-order chi connectivity index (χ0) is 15.1. The summed E-state index contributed by atoms with van der Waals surface area (Å²) in [7, 11) is 0. The number of carbonyl (C=O) groups excluding carboxylic acids is 1. The second-order valence-corrected chi connectivity index (χ2v) is 6.92. The van der Waals surface area contributed by atoms with Gasteiger partial charge in [0.2, 0.25) is 5.91 Å². The number of hydrogen-bond acceptors (Lipinski definition) is 2. The molecule has 2 rings (SSSR count). The van der Waals surface area contributed by atoms with Crippen LogP contribution in [-0.4, -0.2) is 23.4 Å². The summed E-state index contributed by atoms with van der Waals surface area (Å²) in [6.07, 6.45) is 6.34. The molecule has 1 aliphatic rings. The molecule has 0 heterocycles. The summed E-state index contributed by atoms with van der Waals surface area (Å²) in [6, 6.07) is 8.16. The molecular formula is C17H24BrNO2. The van der Waals surface area contributed by atoms with Gasteiger partial charge in [-0.3, -0.25) is 4.79 Å². The highest BCUT2D eigenvalue weighted by atomic mass is 79.9. The van der Waals surface area contributed by atoms with Gasteiger partial charge in [-0.2, -0.15) is 0 Å². The lowest BCUT2D eigenvalue weighted by molar-refractivity contribution is -0.122. The van der Waals surface area contributed by atoms with Crippen LogP contribution in [0.2, 0.25) is 0 Å². The molecule has 0 radical (unpaired) electrons. The van der Waals surface area contributed by atoms with Crippen LogP contribution in [-0.2, 0) is 4.79 Å². The Morgan fingerprint density at radius 2 is 2.14 bits per heavy atom. The molecule has 4 heteroatoms. The summed E-state index contributed by atoms with van der Waals surface area (Å²) >= 11 is 3.70. The summed E-state index contributed by atoms with van der Waals surface area (Å²) in [4.78, 5) is 12.4. The van der Waals surface area contributed by atoms with Crippen molar-refractivity contribution in [2.75, 3.05) is 6.61 Å². The molecule has 1 aromatic rings. The maximum atomic E-state index is 12.0. The van der Waals surface area contributed by atoms with Gasteiger partial charge in [0.25, 0.3) is 0 Å². The third-order valence-corrected chi connectivity index (χ3v) is 4.96. The summed E-state index contributed by atoms with van der Waals surface area (Å²) in [5.41, 5.74) is 1.16. The van der Waals surface area contributed by atoms with E-state index in [1.54, 1.807) is 0 Å². The Kier molecular flexibility index (Phi) is 6.55. The summed E-state index contributed by atoms with van der Waals surface area (Å²) < 4.78 is 5.63. The minimum absolute atomic E-state index is 0.0824. The van der Waals surface area contributed by atoms with Crippen molar-refractivity contribution in [2.24, 2.45) is 0 Å². The van der Waals surface area contributed by atoms with Crippen LogP contribution in [0, 0.1) is 6.92 Å². The van der Waals surface area contributed by atoms with E-state index in [9.17, 15) is 4.79 Å². The highest BCUT2D eigenvalue weighted by molar-refractivity contribution is 9.09. The minimum atomic E-state index is 0.0824. The zero-order valence-corrected chi connectivity index (χ0v) is 14.2. The molecule has 1 amide bonds. The first-order valence-electron chi connectivity index (χ1n) is 7.78. The van der Waals surface area contributed by atoms with Crippen molar-refractivity contribution in [1.29, 1.82) is 0 Å². The number of hydrogen-bond donors (Lipinski definition) is 1. The molecule has 0 bridgehead atoms. The largest absolute Gasteiger partial charge is 0.493 e. The van der Waals surface area contributed by atoms with Crippen molar-refractivity contribution in [3.05, 3.63) is 29.8 Å². The van der Waals surface area contributed by atoms with Crippen LogP contribution in [0.15, 0.2) is 24.3 Å². The average Bonchev–Trinajstić information content (AvgIpc) is 2.64. The first kappa shape index (κ1) is 16.3. The predicted octanol–water partition coefficient (Wildman–Crippen LogP) is 3.98. The lowest BCUT2D eigenvalue weighted by Gasteiger charge is -2.21. The maximum Gasteiger partial charge on any atom is 0.223 e. The van der Waals surface area contributed by atoms with E-state index in [4.69, 9.17) is 4.74 Å². The SMILES string of the molecule is Cc1cccc(OCCC(=O)NC2CCCCCC2Br)c1. The number of carbonyl (C=O) groups is 1. The Hall–Kier alpha value is -1.03. The molecule has 1 saturated carbocycles. The van der Waals surface area contributed by atoms with Crippen LogP contribution in [0.4, 0.5) is 0 Å². The van der Waals surface area contributed by atoms with E-state index < -0.39 is 0 Å². The van der Waals surface area contributed by atoms with Gasteiger partial charge in [0.1, 0.15) is 5.75 Å². The lowest BCUT2D eigenvalue weighted by atomic mass is 10.1. The van der Waals surface area contributed by atoms with Crippen molar-refractivity contribution in [1.82, 2.24) is 5.32 Å². The van der Waals surface area contributed by atoms with Crippen molar-refractivity contribution < 1.29 is 9.53 Å². The van der Waals surface area contributed by atoms with Crippen LogP contribution in [0.25, 0.3) is 0 Å². The summed E-state index contributed by atoms with van der Waals surface area (Å²) in [6.45, 7) is 2.46. The molecule has 0 saturated heterocycles. The second kappa shape index (κ2) is 8.42. The molecule has 1 N–H and O–H groups in total. The lowest BCUT2D eigenvalue weighted by Crippen LogP contribution is -2.40. The molecule has 1 aromatic carbocycles. The van der Waals surface area contributed by atoms with E-state index in [2.05, 4.69) is 21.2 Å². The number of nitrogens with one attached hydrogen (secondary N) is 1. The van der Waals surface area contributed by atoms with Crippen molar-refractivity contribution in [3.8, 4) is 5.75 Å². The Balaban J connectivity index is 1.71. The fraction of sp³-hybridized carbons (Fsp3) is 0.588. The molecular weight excluding hydrogens is 330 g/mol. The predicted molar refractivity (Wildman–Crippen MR) is 89.0 cm³/mol. The normalized spacial score (nSPS) is 22.4. The van der Waals surface area contributed by atoms with Gasteiger partial charge in [-0.1, -0.05) is 47.3 Å². The van der Waals surface area contributed by atoms with Gasteiger partial charge in [0.05, 0.1) is 13.0 Å². The van der Waals surface area contributed by atoms with Crippen molar-refractivity contribution in [2.45, 2.75) is 56.3 Å². The fourth-order valence-corrected chi connectivity index (χ4v) is 3.39. The molecule has 2 unspecified atom stereocenters. The highest BCUT2D eigenvalue weighted by Crippen LogP contribution is 2.23. The maximum absolute atomic E-state index is 12.0. The van der Waals surface area contributed by atoms with E-state index in [1.807, 2.05) is 31.2 Å². The average molecular weight is 354 g/mol. The summed E-state index contributed by atoms with van der Waals surface area (Å²) in [5, 5.41) is 3.14. The standard InChI is InChI=1S/C17H24BrNO2/c1-13-6-5-7-14(12-13)21-11-10-17(20)19-16-9-4-2-3-8-15(16)18/h5-7,12,15-16H,2-4,8-11H2,1H3,(H,19,20). The number of ether oxygens (including phenoxy) is 1. The number of alkyl halides is 1. The van der Waals surface area contributed by atoms with Gasteiger partial charge >= 0.3 is 0 Å². The number of aryl methyl sites for hydroxylation is 1. The van der Waals surface area contributed by atoms with Crippen molar-refractivity contribution in [3.63, 3.8) is 0 Å². The Bertz CT molecular complexity index is 464. The second-order valence-electron chi connectivity index (χ2n) is 5.74. The van der Waals surface area contributed by atoms with E-state index in [0.29, 0.717) is 17.9 Å². The van der Waals surface area contributed by atoms with Gasteiger partial charge < -0.3 is 10.1 Å². The van der Waals surface area contributed by atoms with Gasteiger partial charge in [-0.05, 0) is 37.5 Å². The summed E-state index contributed by atoms with van der Waals surface area (Å²) in [5.74, 6) is 0.912. The topological polar surface area (TPSA) is 38.3 Å². The smallest absolute Gasteiger partial charge is 0.223 e. The highest BCUT2D eigenvalue weighted by Gasteiger charge is 2.22. The third kappa shape index (κ3) is 5.70. The minimum Gasteiger partial charge on any atom is -0.493 e. The number of amides is 1. The van der Waals surface area contributed by atoms with Gasteiger partial charge in [-0.25, -0.2) is 0 Å². The van der Waals surface area contributed by atoms with E-state index in [0.717, 1.165) is 24.2 Å². The van der Waals surface area contributed by atoms with Gasteiger partial charge in [0, 0.05) is 10.9 Å². The van der Waals surface area contributed by atoms with Crippen LogP contribution in [0.5, 0.6) is 5.75 Å². The molecule has 116 valence electrons. The number of halogens is 1. The van der Waals surface area contributed by atoms with Gasteiger partial charge in [0.15, 0.2) is 0 Å². The Labute approximate surface area is 135 Å².